The van der Waals surface area contributed by atoms with Gasteiger partial charge in [0, 0.05) is 36.1 Å². The summed E-state index contributed by atoms with van der Waals surface area (Å²) in [5.74, 6) is -0.692. The zero-order valence-corrected chi connectivity index (χ0v) is 20.1. The molecule has 2 atom stereocenters. The Labute approximate surface area is 199 Å². The van der Waals surface area contributed by atoms with E-state index in [1.165, 1.54) is 0 Å². The van der Waals surface area contributed by atoms with Crippen molar-refractivity contribution in [1.82, 2.24) is 9.91 Å². The number of hydrogen-bond donors (Lipinski definition) is 2. The first-order valence-electron chi connectivity index (χ1n) is 11.1. The molecule has 0 radical (unpaired) electrons. The van der Waals surface area contributed by atoms with Gasteiger partial charge in [0.15, 0.2) is 11.5 Å². The van der Waals surface area contributed by atoms with Crippen LogP contribution in [-0.4, -0.2) is 85.1 Å². The van der Waals surface area contributed by atoms with Crippen LogP contribution in [-0.2, 0) is 14.4 Å². The van der Waals surface area contributed by atoms with Gasteiger partial charge in [-0.25, -0.2) is 14.6 Å². The summed E-state index contributed by atoms with van der Waals surface area (Å²) < 4.78 is 10.8. The molecule has 2 aliphatic rings. The smallest absolute Gasteiger partial charge is 0.328 e. The number of methoxy groups -OCH3 is 2. The summed E-state index contributed by atoms with van der Waals surface area (Å²) in [6.45, 7) is 1.41. The Hall–Kier alpha value is -3.40. The molecular weight excluding hydrogens is 442 g/mol. The minimum Gasteiger partial charge on any atom is -0.493 e. The Balaban J connectivity index is 0.000000440. The van der Waals surface area contributed by atoms with Crippen LogP contribution in [0.4, 0.5) is 0 Å². The highest BCUT2D eigenvalue weighted by Crippen LogP contribution is 2.38. The van der Waals surface area contributed by atoms with Crippen molar-refractivity contribution in [2.45, 2.75) is 25.7 Å². The first-order valence-corrected chi connectivity index (χ1v) is 11.1. The molecule has 1 saturated carbocycles. The van der Waals surface area contributed by atoms with E-state index in [4.69, 9.17) is 24.8 Å². The predicted molar refractivity (Wildman–Crippen MR) is 126 cm³/mol. The summed E-state index contributed by atoms with van der Waals surface area (Å²) in [5, 5.41) is 22.1. The number of carbonyl (C=O) groups is 3. The minimum atomic E-state index is -1.26. The number of carbonyl (C=O) groups excluding carboxylic acids is 1. The second-order valence-corrected chi connectivity index (χ2v) is 8.33. The van der Waals surface area contributed by atoms with Gasteiger partial charge in [-0.3, -0.25) is 4.79 Å². The molecule has 1 fully saturated rings. The number of fused-ring (bicyclic) bond motifs is 1. The van der Waals surface area contributed by atoms with Crippen LogP contribution in [0.25, 0.3) is 0 Å². The van der Waals surface area contributed by atoms with Crippen molar-refractivity contribution < 1.29 is 34.1 Å². The highest BCUT2D eigenvalue weighted by Gasteiger charge is 2.41. The Morgan fingerprint density at radius 1 is 1.06 bits per heavy atom. The van der Waals surface area contributed by atoms with Gasteiger partial charge in [0.25, 0.3) is 0 Å². The van der Waals surface area contributed by atoms with E-state index in [-0.39, 0.29) is 17.7 Å². The standard InChI is InChI=1S/C20H29N3O3.C4H4O4/c1-22(2)11-12-23-20(24)16-8-6-5-7-15(16)19(21-23)14-9-10-17(25-3)18(13-14)26-4;5-3(6)1-2-4(7)8/h9-10,13,15-16H,5-8,11-12H2,1-4H3;1-2H,(H,5,6)(H,7,8)/b;2-1+/t15-,16+;/m0./s1. The van der Waals surface area contributed by atoms with Gasteiger partial charge >= 0.3 is 11.9 Å². The lowest BCUT2D eigenvalue weighted by Crippen LogP contribution is -2.47. The van der Waals surface area contributed by atoms with Crippen LogP contribution in [0.1, 0.15) is 31.2 Å². The number of amides is 1. The van der Waals surface area contributed by atoms with Crippen molar-refractivity contribution in [3.8, 4) is 11.5 Å². The van der Waals surface area contributed by atoms with Crippen LogP contribution < -0.4 is 9.47 Å². The van der Waals surface area contributed by atoms with Crippen molar-refractivity contribution >= 4 is 23.6 Å². The van der Waals surface area contributed by atoms with Crippen molar-refractivity contribution in [1.29, 1.82) is 0 Å². The van der Waals surface area contributed by atoms with Gasteiger partial charge in [0.2, 0.25) is 5.91 Å². The monoisotopic (exact) mass is 475 g/mol. The van der Waals surface area contributed by atoms with Crippen molar-refractivity contribution in [2.75, 3.05) is 41.4 Å². The van der Waals surface area contributed by atoms with Gasteiger partial charge in [-0.2, -0.15) is 5.10 Å². The molecule has 3 rings (SSSR count). The molecule has 1 aliphatic heterocycles. The fourth-order valence-electron chi connectivity index (χ4n) is 4.06. The number of hydrazone groups is 1. The lowest BCUT2D eigenvalue weighted by molar-refractivity contribution is -0.139. The maximum Gasteiger partial charge on any atom is 0.328 e. The normalized spacial score (nSPS) is 19.7. The number of ether oxygens (including phenoxy) is 2. The molecule has 1 heterocycles. The van der Waals surface area contributed by atoms with Crippen LogP contribution in [0, 0.1) is 11.8 Å². The van der Waals surface area contributed by atoms with Crippen LogP contribution in [0.5, 0.6) is 11.5 Å². The summed E-state index contributed by atoms with van der Waals surface area (Å²) in [5.41, 5.74) is 2.02. The molecule has 0 unspecified atom stereocenters. The van der Waals surface area contributed by atoms with Gasteiger partial charge in [-0.05, 0) is 45.1 Å². The van der Waals surface area contributed by atoms with Crippen molar-refractivity contribution in [2.24, 2.45) is 16.9 Å². The number of hydrogen-bond acceptors (Lipinski definition) is 7. The van der Waals surface area contributed by atoms with Gasteiger partial charge in [-0.15, -0.1) is 0 Å². The fraction of sp³-hybridized carbons (Fsp3) is 0.500. The molecule has 1 aliphatic carbocycles. The third kappa shape index (κ3) is 7.31. The SMILES string of the molecule is COc1ccc(C2=NN(CCN(C)C)C(=O)[C@@H]3CCCC[C@H]23)cc1OC.O=C(O)/C=C/C(=O)O. The number of rotatable bonds is 8. The molecule has 10 heteroatoms. The van der Waals surface area contributed by atoms with Crippen LogP contribution in [0.2, 0.25) is 0 Å². The molecule has 186 valence electrons. The Bertz CT molecular complexity index is 926. The average Bonchev–Trinajstić information content (AvgIpc) is 2.82. The topological polar surface area (TPSA) is 129 Å². The quantitative estimate of drug-likeness (QED) is 0.548. The molecule has 0 spiro atoms. The molecule has 0 saturated heterocycles. The molecule has 2 N–H and O–H groups in total. The number of likely N-dealkylation sites (N-methyl/N-ethyl adjacent to an activating group) is 1. The van der Waals surface area contributed by atoms with Gasteiger partial charge < -0.3 is 24.6 Å². The molecule has 34 heavy (non-hydrogen) atoms. The predicted octanol–water partition coefficient (Wildman–Crippen LogP) is 2.33. The summed E-state index contributed by atoms with van der Waals surface area (Å²) in [6, 6.07) is 5.91. The molecule has 1 aromatic rings. The summed E-state index contributed by atoms with van der Waals surface area (Å²) in [7, 11) is 7.29. The Kier molecular flexibility index (Phi) is 10.1. The highest BCUT2D eigenvalue weighted by atomic mass is 16.5. The molecule has 1 aromatic carbocycles. The Morgan fingerprint density at radius 2 is 1.65 bits per heavy atom. The largest absolute Gasteiger partial charge is 0.493 e. The van der Waals surface area contributed by atoms with E-state index in [0.717, 1.165) is 43.5 Å². The Morgan fingerprint density at radius 3 is 2.18 bits per heavy atom. The second kappa shape index (κ2) is 12.7. The lowest BCUT2D eigenvalue weighted by Gasteiger charge is -2.39. The fourth-order valence-corrected chi connectivity index (χ4v) is 4.06. The third-order valence-corrected chi connectivity index (χ3v) is 5.72. The lowest BCUT2D eigenvalue weighted by atomic mass is 9.73. The highest BCUT2D eigenvalue weighted by molar-refractivity contribution is 6.07. The summed E-state index contributed by atoms with van der Waals surface area (Å²) in [6.07, 6.45) is 5.36. The minimum absolute atomic E-state index is 0.0477. The van der Waals surface area contributed by atoms with E-state index in [1.807, 2.05) is 32.3 Å². The van der Waals surface area contributed by atoms with E-state index in [2.05, 4.69) is 4.90 Å². The first kappa shape index (κ1) is 26.8. The summed E-state index contributed by atoms with van der Waals surface area (Å²) >= 11 is 0. The average molecular weight is 476 g/mol. The van der Waals surface area contributed by atoms with Gasteiger partial charge in [-0.1, -0.05) is 12.8 Å². The molecule has 0 bridgehead atoms. The zero-order chi connectivity index (χ0) is 25.3. The van der Waals surface area contributed by atoms with E-state index in [0.29, 0.717) is 30.2 Å². The maximum absolute atomic E-state index is 12.9. The van der Waals surface area contributed by atoms with Crippen LogP contribution in [0.3, 0.4) is 0 Å². The van der Waals surface area contributed by atoms with Crippen molar-refractivity contribution in [3.63, 3.8) is 0 Å². The number of benzene rings is 1. The van der Waals surface area contributed by atoms with E-state index < -0.39 is 11.9 Å². The van der Waals surface area contributed by atoms with E-state index in [1.54, 1.807) is 19.2 Å². The van der Waals surface area contributed by atoms with E-state index in [9.17, 15) is 14.4 Å². The maximum atomic E-state index is 12.9. The van der Waals surface area contributed by atoms with Gasteiger partial charge in [0.05, 0.1) is 26.5 Å². The first-order chi connectivity index (χ1) is 16.2. The molecule has 1 amide bonds. The van der Waals surface area contributed by atoms with Crippen LogP contribution >= 0.6 is 0 Å². The summed E-state index contributed by atoms with van der Waals surface area (Å²) in [4.78, 5) is 34.1. The van der Waals surface area contributed by atoms with E-state index >= 15 is 0 Å². The molecular formula is C24H33N3O7. The number of nitrogens with zero attached hydrogens (tertiary/aromatic N) is 3. The second-order valence-electron chi connectivity index (χ2n) is 8.33. The molecule has 10 nitrogen and oxygen atoms in total. The number of aliphatic carboxylic acids is 2. The zero-order valence-electron chi connectivity index (χ0n) is 20.1. The number of carboxylic acid groups (broad SMARTS) is 2. The van der Waals surface area contributed by atoms with Crippen LogP contribution in [0.15, 0.2) is 35.5 Å². The van der Waals surface area contributed by atoms with Gasteiger partial charge in [0.1, 0.15) is 0 Å². The number of carboxylic acids is 2. The molecule has 0 aromatic heterocycles. The van der Waals surface area contributed by atoms with Crippen molar-refractivity contribution in [3.05, 3.63) is 35.9 Å². The third-order valence-electron chi connectivity index (χ3n) is 5.72.